The molecule has 18 heavy (non-hydrogen) atoms. The molecule has 0 unspecified atom stereocenters. The highest BCUT2D eigenvalue weighted by molar-refractivity contribution is 5.69. The molecule has 2 N–H and O–H groups in total. The molecule has 0 fully saturated rings. The molecule has 0 aliphatic heterocycles. The third-order valence-electron chi connectivity index (χ3n) is 2.47. The van der Waals surface area contributed by atoms with Crippen molar-refractivity contribution in [2.45, 2.75) is 6.43 Å². The molecule has 1 nitrogen and oxygen atoms in total. The van der Waals surface area contributed by atoms with E-state index in [-0.39, 0.29) is 22.4 Å². The van der Waals surface area contributed by atoms with Crippen molar-refractivity contribution < 1.29 is 17.6 Å². The fourth-order valence-electron chi connectivity index (χ4n) is 1.68. The quantitative estimate of drug-likeness (QED) is 0.633. The van der Waals surface area contributed by atoms with Crippen molar-refractivity contribution in [3.05, 3.63) is 53.6 Å². The number of halogens is 4. The van der Waals surface area contributed by atoms with Crippen LogP contribution in [0.4, 0.5) is 23.2 Å². The van der Waals surface area contributed by atoms with Crippen LogP contribution >= 0.6 is 0 Å². The molecule has 0 aromatic heterocycles. The summed E-state index contributed by atoms with van der Waals surface area (Å²) in [6, 6.07) is 6.36. The molecule has 2 rings (SSSR count). The van der Waals surface area contributed by atoms with Crippen LogP contribution < -0.4 is 5.73 Å². The average molecular weight is 255 g/mol. The summed E-state index contributed by atoms with van der Waals surface area (Å²) in [7, 11) is 0. The molecular formula is C13H9F4N. The van der Waals surface area contributed by atoms with Crippen LogP contribution in [-0.4, -0.2) is 0 Å². The first-order valence-electron chi connectivity index (χ1n) is 5.11. The van der Waals surface area contributed by atoms with Gasteiger partial charge in [0.2, 0.25) is 0 Å². The van der Waals surface area contributed by atoms with E-state index in [1.807, 2.05) is 0 Å². The lowest BCUT2D eigenvalue weighted by Crippen LogP contribution is -1.93. The summed E-state index contributed by atoms with van der Waals surface area (Å²) in [5.41, 5.74) is 5.26. The van der Waals surface area contributed by atoms with Gasteiger partial charge in [-0.15, -0.1) is 0 Å². The summed E-state index contributed by atoms with van der Waals surface area (Å²) in [6.45, 7) is 0. The van der Waals surface area contributed by atoms with Crippen molar-refractivity contribution in [3.63, 3.8) is 0 Å². The van der Waals surface area contributed by atoms with E-state index in [1.54, 1.807) is 0 Å². The number of nitrogen functional groups attached to an aromatic ring is 1. The maximum atomic E-state index is 13.5. The molecular weight excluding hydrogens is 246 g/mol. The first-order valence-corrected chi connectivity index (χ1v) is 5.11. The van der Waals surface area contributed by atoms with E-state index in [0.29, 0.717) is 0 Å². The molecule has 0 aliphatic rings. The Bertz CT molecular complexity index is 581. The summed E-state index contributed by atoms with van der Waals surface area (Å²) in [5, 5.41) is 0. The minimum atomic E-state index is -2.72. The number of hydrogen-bond acceptors (Lipinski definition) is 1. The lowest BCUT2D eigenvalue weighted by Gasteiger charge is -2.08. The second-order valence-corrected chi connectivity index (χ2v) is 3.81. The molecule has 0 atom stereocenters. The van der Waals surface area contributed by atoms with E-state index in [2.05, 4.69) is 0 Å². The van der Waals surface area contributed by atoms with Gasteiger partial charge in [-0.25, -0.2) is 17.6 Å². The van der Waals surface area contributed by atoms with Gasteiger partial charge >= 0.3 is 0 Å². The highest BCUT2D eigenvalue weighted by Gasteiger charge is 2.12. The molecule has 0 saturated heterocycles. The maximum Gasteiger partial charge on any atom is 0.263 e. The molecule has 0 aliphatic carbocycles. The summed E-state index contributed by atoms with van der Waals surface area (Å²) in [5.74, 6) is -1.34. The summed E-state index contributed by atoms with van der Waals surface area (Å²) < 4.78 is 51.8. The number of alkyl halides is 2. The predicted octanol–water partition coefficient (Wildman–Crippen LogP) is 4.15. The fraction of sp³-hybridized carbons (Fsp3) is 0.0769. The Labute approximate surface area is 101 Å². The topological polar surface area (TPSA) is 26.0 Å². The van der Waals surface area contributed by atoms with E-state index >= 15 is 0 Å². The van der Waals surface area contributed by atoms with Crippen molar-refractivity contribution >= 4 is 5.69 Å². The van der Waals surface area contributed by atoms with Crippen LogP contribution in [0.5, 0.6) is 0 Å². The van der Waals surface area contributed by atoms with E-state index in [9.17, 15) is 17.6 Å². The Hall–Kier alpha value is -2.04. The molecule has 0 bridgehead atoms. The van der Waals surface area contributed by atoms with Gasteiger partial charge in [0.25, 0.3) is 6.43 Å². The van der Waals surface area contributed by atoms with Gasteiger partial charge < -0.3 is 5.73 Å². The number of hydrogen-bond donors (Lipinski definition) is 1. The summed E-state index contributed by atoms with van der Waals surface area (Å²) in [4.78, 5) is 0. The van der Waals surface area contributed by atoms with Crippen molar-refractivity contribution in [2.75, 3.05) is 5.73 Å². The zero-order chi connectivity index (χ0) is 13.3. The minimum Gasteiger partial charge on any atom is -0.399 e. The molecule has 2 aromatic rings. The van der Waals surface area contributed by atoms with Crippen LogP contribution in [0.15, 0.2) is 36.4 Å². The van der Waals surface area contributed by atoms with E-state index in [0.717, 1.165) is 30.3 Å². The van der Waals surface area contributed by atoms with Gasteiger partial charge in [0.1, 0.15) is 11.6 Å². The number of rotatable bonds is 2. The lowest BCUT2D eigenvalue weighted by molar-refractivity contribution is 0.151. The van der Waals surface area contributed by atoms with Gasteiger partial charge in [0, 0.05) is 16.8 Å². The number of anilines is 1. The molecule has 5 heteroatoms. The van der Waals surface area contributed by atoms with Crippen LogP contribution in [0.1, 0.15) is 12.0 Å². The molecule has 0 radical (unpaired) electrons. The minimum absolute atomic E-state index is 0.0754. The Morgan fingerprint density at radius 1 is 0.944 bits per heavy atom. The van der Waals surface area contributed by atoms with Gasteiger partial charge in [-0.1, -0.05) is 0 Å². The van der Waals surface area contributed by atoms with Gasteiger partial charge in [0.05, 0.1) is 0 Å². The predicted molar refractivity (Wildman–Crippen MR) is 61.2 cm³/mol. The molecule has 0 heterocycles. The zero-order valence-corrected chi connectivity index (χ0v) is 9.13. The Kier molecular flexibility index (Phi) is 3.23. The van der Waals surface area contributed by atoms with E-state index < -0.39 is 18.1 Å². The molecule has 94 valence electrons. The second-order valence-electron chi connectivity index (χ2n) is 3.81. The molecule has 0 spiro atoms. The first kappa shape index (κ1) is 12.4. The van der Waals surface area contributed by atoms with Gasteiger partial charge in [-0.05, 0) is 42.0 Å². The first-order chi connectivity index (χ1) is 8.47. The Morgan fingerprint density at radius 2 is 1.67 bits per heavy atom. The average Bonchev–Trinajstić information content (AvgIpc) is 2.31. The van der Waals surface area contributed by atoms with Crippen LogP contribution in [0.3, 0.4) is 0 Å². The van der Waals surface area contributed by atoms with Gasteiger partial charge in [0.15, 0.2) is 0 Å². The lowest BCUT2D eigenvalue weighted by atomic mass is 10.0. The largest absolute Gasteiger partial charge is 0.399 e. The SMILES string of the molecule is Nc1cc(-c2cc(F)ccc2F)cc(C(F)F)c1. The normalized spacial score (nSPS) is 10.9. The maximum absolute atomic E-state index is 13.5. The Morgan fingerprint density at radius 3 is 2.33 bits per heavy atom. The number of benzene rings is 2. The molecule has 0 saturated carbocycles. The van der Waals surface area contributed by atoms with Crippen molar-refractivity contribution in [1.82, 2.24) is 0 Å². The van der Waals surface area contributed by atoms with Gasteiger partial charge in [-0.3, -0.25) is 0 Å². The van der Waals surface area contributed by atoms with Crippen molar-refractivity contribution in [3.8, 4) is 11.1 Å². The van der Waals surface area contributed by atoms with Gasteiger partial charge in [-0.2, -0.15) is 0 Å². The van der Waals surface area contributed by atoms with Crippen molar-refractivity contribution in [2.24, 2.45) is 0 Å². The van der Waals surface area contributed by atoms with E-state index in [1.165, 1.54) is 6.07 Å². The van der Waals surface area contributed by atoms with E-state index in [4.69, 9.17) is 5.73 Å². The Balaban J connectivity index is 2.60. The summed E-state index contributed by atoms with van der Waals surface area (Å²) >= 11 is 0. The third kappa shape index (κ3) is 2.45. The zero-order valence-electron chi connectivity index (χ0n) is 9.13. The highest BCUT2D eigenvalue weighted by Crippen LogP contribution is 2.30. The van der Waals surface area contributed by atoms with Crippen LogP contribution in [0.2, 0.25) is 0 Å². The second kappa shape index (κ2) is 4.68. The van der Waals surface area contributed by atoms with Crippen LogP contribution in [0, 0.1) is 11.6 Å². The monoisotopic (exact) mass is 255 g/mol. The standard InChI is InChI=1S/C13H9F4N/c14-9-1-2-12(15)11(6-9)7-3-8(13(16)17)5-10(18)4-7/h1-6,13H,18H2. The molecule has 0 amide bonds. The summed E-state index contributed by atoms with van der Waals surface area (Å²) in [6.07, 6.45) is -2.72. The van der Waals surface area contributed by atoms with Crippen LogP contribution in [-0.2, 0) is 0 Å². The third-order valence-corrected chi connectivity index (χ3v) is 2.47. The smallest absolute Gasteiger partial charge is 0.263 e. The molecule has 2 aromatic carbocycles. The number of nitrogens with two attached hydrogens (primary N) is 1. The highest BCUT2D eigenvalue weighted by atomic mass is 19.3. The van der Waals surface area contributed by atoms with Crippen LogP contribution in [0.25, 0.3) is 11.1 Å². The fourth-order valence-corrected chi connectivity index (χ4v) is 1.68. The van der Waals surface area contributed by atoms with Crippen molar-refractivity contribution in [1.29, 1.82) is 0 Å².